The normalized spacial score (nSPS) is 13.7. The lowest BCUT2D eigenvalue weighted by Gasteiger charge is -2.29. The van der Waals surface area contributed by atoms with Crippen molar-refractivity contribution in [1.82, 2.24) is 5.32 Å². The predicted octanol–water partition coefficient (Wildman–Crippen LogP) is 3.89. The third-order valence-corrected chi connectivity index (χ3v) is 4.28. The third-order valence-electron chi connectivity index (χ3n) is 4.28. The van der Waals surface area contributed by atoms with Crippen molar-refractivity contribution in [3.8, 4) is 0 Å². The van der Waals surface area contributed by atoms with E-state index < -0.39 is 6.10 Å². The van der Waals surface area contributed by atoms with E-state index in [2.05, 4.69) is 33.0 Å². The van der Waals surface area contributed by atoms with Gasteiger partial charge in [-0.15, -0.1) is 0 Å². The van der Waals surface area contributed by atoms with Crippen LogP contribution in [0.3, 0.4) is 0 Å². The van der Waals surface area contributed by atoms with Crippen LogP contribution in [0.2, 0.25) is 0 Å². The molecule has 0 saturated heterocycles. The summed E-state index contributed by atoms with van der Waals surface area (Å²) in [5.74, 6) is 0. The molecular formula is C17H37NO2. The fourth-order valence-corrected chi connectivity index (χ4v) is 2.13. The average Bonchev–Trinajstić information content (AvgIpc) is 2.47. The van der Waals surface area contributed by atoms with E-state index in [1.807, 2.05) is 0 Å². The van der Waals surface area contributed by atoms with E-state index >= 15 is 0 Å². The zero-order chi connectivity index (χ0) is 15.3. The first-order valence-corrected chi connectivity index (χ1v) is 8.58. The lowest BCUT2D eigenvalue weighted by Crippen LogP contribution is -2.45. The van der Waals surface area contributed by atoms with Gasteiger partial charge in [-0.3, -0.25) is 0 Å². The van der Waals surface area contributed by atoms with E-state index in [4.69, 9.17) is 4.74 Å². The van der Waals surface area contributed by atoms with Crippen molar-refractivity contribution in [3.63, 3.8) is 0 Å². The zero-order valence-electron chi connectivity index (χ0n) is 14.2. The molecule has 0 aliphatic carbocycles. The molecule has 0 amide bonds. The number of hydrogen-bond acceptors (Lipinski definition) is 3. The van der Waals surface area contributed by atoms with Gasteiger partial charge in [-0.1, -0.05) is 52.9 Å². The van der Waals surface area contributed by atoms with E-state index in [9.17, 15) is 5.11 Å². The Kier molecular flexibility index (Phi) is 12.5. The topological polar surface area (TPSA) is 41.5 Å². The van der Waals surface area contributed by atoms with Gasteiger partial charge < -0.3 is 15.2 Å². The van der Waals surface area contributed by atoms with Gasteiger partial charge in [0.05, 0.1) is 12.7 Å². The van der Waals surface area contributed by atoms with Crippen LogP contribution >= 0.6 is 0 Å². The van der Waals surface area contributed by atoms with Crippen LogP contribution in [0.25, 0.3) is 0 Å². The Morgan fingerprint density at radius 3 is 2.20 bits per heavy atom. The first kappa shape index (κ1) is 19.9. The van der Waals surface area contributed by atoms with Crippen LogP contribution in [0.15, 0.2) is 0 Å². The second-order valence-corrected chi connectivity index (χ2v) is 6.15. The molecule has 2 N–H and O–H groups in total. The quantitative estimate of drug-likeness (QED) is 0.476. The lowest BCUT2D eigenvalue weighted by atomic mass is 9.95. The number of unbranched alkanes of at least 4 members (excludes halogenated alkanes) is 5. The Hall–Kier alpha value is -0.120. The van der Waals surface area contributed by atoms with Crippen molar-refractivity contribution < 1.29 is 9.84 Å². The maximum absolute atomic E-state index is 9.89. The molecule has 0 fully saturated rings. The molecule has 0 saturated carbocycles. The Balaban J connectivity index is 3.43. The largest absolute Gasteiger partial charge is 0.389 e. The second-order valence-electron chi connectivity index (χ2n) is 6.15. The maximum atomic E-state index is 9.89. The fourth-order valence-electron chi connectivity index (χ4n) is 2.13. The second kappa shape index (κ2) is 12.6. The van der Waals surface area contributed by atoms with Crippen molar-refractivity contribution in [1.29, 1.82) is 0 Å². The molecule has 0 aliphatic rings. The summed E-state index contributed by atoms with van der Waals surface area (Å²) in [6.45, 7) is 10.6. The molecule has 20 heavy (non-hydrogen) atoms. The maximum Gasteiger partial charge on any atom is 0.0897 e. The highest BCUT2D eigenvalue weighted by Crippen LogP contribution is 2.13. The Morgan fingerprint density at radius 2 is 1.60 bits per heavy atom. The number of nitrogens with one attached hydrogen (secondary N) is 1. The summed E-state index contributed by atoms with van der Waals surface area (Å²) in [4.78, 5) is 0. The Morgan fingerprint density at radius 1 is 1.00 bits per heavy atom. The number of aliphatic hydroxyl groups is 1. The molecule has 3 nitrogen and oxygen atoms in total. The van der Waals surface area contributed by atoms with Crippen molar-refractivity contribution in [3.05, 3.63) is 0 Å². The summed E-state index contributed by atoms with van der Waals surface area (Å²) < 4.78 is 5.54. The molecule has 0 spiro atoms. The van der Waals surface area contributed by atoms with Gasteiger partial charge in [0, 0.05) is 18.7 Å². The van der Waals surface area contributed by atoms with E-state index in [-0.39, 0.29) is 5.54 Å². The molecule has 1 unspecified atom stereocenters. The highest BCUT2D eigenvalue weighted by atomic mass is 16.5. The van der Waals surface area contributed by atoms with Crippen molar-refractivity contribution in [2.45, 2.75) is 90.7 Å². The van der Waals surface area contributed by atoms with Crippen molar-refractivity contribution >= 4 is 0 Å². The molecule has 122 valence electrons. The monoisotopic (exact) mass is 287 g/mol. The van der Waals surface area contributed by atoms with Gasteiger partial charge in [0.2, 0.25) is 0 Å². The molecule has 0 aromatic rings. The first-order chi connectivity index (χ1) is 9.58. The van der Waals surface area contributed by atoms with Gasteiger partial charge in [-0.2, -0.15) is 0 Å². The summed E-state index contributed by atoms with van der Waals surface area (Å²) in [6.07, 6.45) is 9.42. The van der Waals surface area contributed by atoms with E-state index in [0.29, 0.717) is 13.2 Å². The highest BCUT2D eigenvalue weighted by Gasteiger charge is 2.19. The van der Waals surface area contributed by atoms with Crippen LogP contribution in [-0.4, -0.2) is 36.5 Å². The molecule has 0 radical (unpaired) electrons. The predicted molar refractivity (Wildman–Crippen MR) is 87.2 cm³/mol. The van der Waals surface area contributed by atoms with Crippen molar-refractivity contribution in [2.75, 3.05) is 19.8 Å². The van der Waals surface area contributed by atoms with Crippen LogP contribution in [0.5, 0.6) is 0 Å². The number of rotatable bonds is 14. The molecule has 0 aliphatic heterocycles. The fraction of sp³-hybridized carbons (Fsp3) is 1.00. The Labute approximate surface area is 126 Å². The van der Waals surface area contributed by atoms with Gasteiger partial charge in [0.1, 0.15) is 0 Å². The first-order valence-electron chi connectivity index (χ1n) is 8.58. The molecular weight excluding hydrogens is 250 g/mol. The number of ether oxygens (including phenoxy) is 1. The Bertz CT molecular complexity index is 205. The molecule has 0 aromatic heterocycles. The van der Waals surface area contributed by atoms with E-state index in [0.717, 1.165) is 25.9 Å². The van der Waals surface area contributed by atoms with Gasteiger partial charge in [-0.05, 0) is 26.2 Å². The van der Waals surface area contributed by atoms with Crippen LogP contribution < -0.4 is 5.32 Å². The smallest absolute Gasteiger partial charge is 0.0897 e. The summed E-state index contributed by atoms with van der Waals surface area (Å²) in [5.41, 5.74) is 0.139. The van der Waals surface area contributed by atoms with Crippen LogP contribution in [0.1, 0.15) is 79.1 Å². The van der Waals surface area contributed by atoms with E-state index in [1.54, 1.807) is 0 Å². The number of β-amino-alcohol motifs (C(OH)–C–C–N with tert-alkyl or cyclic N) is 1. The average molecular weight is 287 g/mol. The van der Waals surface area contributed by atoms with Gasteiger partial charge in [0.15, 0.2) is 0 Å². The number of hydrogen-bond donors (Lipinski definition) is 2. The van der Waals surface area contributed by atoms with Crippen LogP contribution in [0, 0.1) is 0 Å². The third kappa shape index (κ3) is 10.6. The summed E-state index contributed by atoms with van der Waals surface area (Å²) >= 11 is 0. The van der Waals surface area contributed by atoms with E-state index in [1.165, 1.54) is 32.1 Å². The SMILES string of the molecule is CCCCCCCCOCC(O)CNC(C)(CC)CC. The molecule has 0 aromatic carbocycles. The molecule has 0 bridgehead atoms. The van der Waals surface area contributed by atoms with Gasteiger partial charge >= 0.3 is 0 Å². The van der Waals surface area contributed by atoms with Crippen LogP contribution in [0.4, 0.5) is 0 Å². The molecule has 1 atom stereocenters. The van der Waals surface area contributed by atoms with Crippen LogP contribution in [-0.2, 0) is 4.74 Å². The summed E-state index contributed by atoms with van der Waals surface area (Å²) in [7, 11) is 0. The molecule has 0 rings (SSSR count). The summed E-state index contributed by atoms with van der Waals surface area (Å²) in [5, 5.41) is 13.3. The minimum Gasteiger partial charge on any atom is -0.389 e. The lowest BCUT2D eigenvalue weighted by molar-refractivity contribution is 0.0312. The zero-order valence-corrected chi connectivity index (χ0v) is 14.2. The number of aliphatic hydroxyl groups excluding tert-OH is 1. The minimum absolute atomic E-state index is 0.139. The molecule has 3 heteroatoms. The highest BCUT2D eigenvalue weighted by molar-refractivity contribution is 4.80. The molecule has 0 heterocycles. The summed E-state index contributed by atoms with van der Waals surface area (Å²) in [6, 6.07) is 0. The van der Waals surface area contributed by atoms with Crippen molar-refractivity contribution in [2.24, 2.45) is 0 Å². The van der Waals surface area contributed by atoms with Gasteiger partial charge in [0.25, 0.3) is 0 Å². The van der Waals surface area contributed by atoms with Gasteiger partial charge in [-0.25, -0.2) is 0 Å². The minimum atomic E-state index is -0.396. The standard InChI is InChI=1S/C17H37NO2/c1-5-8-9-10-11-12-13-20-15-16(19)14-18-17(4,6-2)7-3/h16,18-19H,5-15H2,1-4H3.